The molecule has 1 unspecified atom stereocenters. The van der Waals surface area contributed by atoms with Gasteiger partial charge in [0.2, 0.25) is 5.91 Å². The Bertz CT molecular complexity index is 743. The Morgan fingerprint density at radius 1 is 1.32 bits per heavy atom. The van der Waals surface area contributed by atoms with Crippen LogP contribution in [-0.2, 0) is 4.79 Å². The average molecular weight is 357 g/mol. The first-order chi connectivity index (χ1) is 12.1. The number of amides is 2. The van der Waals surface area contributed by atoms with E-state index >= 15 is 0 Å². The second kappa shape index (κ2) is 7.80. The Hall–Kier alpha value is -2.18. The molecule has 1 aliphatic heterocycles. The molecule has 2 aromatic rings. The van der Waals surface area contributed by atoms with Gasteiger partial charge in [0.25, 0.3) is 5.91 Å². The minimum atomic E-state index is -0.114. The number of hydrogen-bond acceptors (Lipinski definition) is 4. The lowest BCUT2D eigenvalue weighted by molar-refractivity contribution is -0.117. The number of carbonyl (C=O) groups is 2. The van der Waals surface area contributed by atoms with Gasteiger partial charge in [0.1, 0.15) is 0 Å². The summed E-state index contributed by atoms with van der Waals surface area (Å²) in [4.78, 5) is 29.5. The van der Waals surface area contributed by atoms with Crippen molar-refractivity contribution >= 4 is 28.8 Å². The summed E-state index contributed by atoms with van der Waals surface area (Å²) >= 11 is 1.69. The molecule has 0 spiro atoms. The van der Waals surface area contributed by atoms with Gasteiger partial charge in [-0.05, 0) is 50.2 Å². The van der Waals surface area contributed by atoms with Crippen molar-refractivity contribution in [3.8, 4) is 0 Å². The first-order valence-electron chi connectivity index (χ1n) is 8.44. The molecule has 1 fully saturated rings. The molecule has 3 rings (SSSR count). The van der Waals surface area contributed by atoms with Crippen LogP contribution in [-0.4, -0.2) is 43.9 Å². The highest BCUT2D eigenvalue weighted by Crippen LogP contribution is 2.24. The summed E-state index contributed by atoms with van der Waals surface area (Å²) in [5.74, 6) is 0.0137. The first kappa shape index (κ1) is 17.6. The summed E-state index contributed by atoms with van der Waals surface area (Å²) in [5, 5.41) is 5.07. The number of nitrogens with zero attached hydrogens (tertiary/aromatic N) is 2. The summed E-state index contributed by atoms with van der Waals surface area (Å²) in [5.41, 5.74) is 1.39. The monoisotopic (exact) mass is 357 g/mol. The highest BCUT2D eigenvalue weighted by molar-refractivity contribution is 7.10. The molecule has 1 aromatic carbocycles. The van der Waals surface area contributed by atoms with Crippen LogP contribution in [0.15, 0.2) is 41.8 Å². The van der Waals surface area contributed by atoms with Crippen LogP contribution in [0.5, 0.6) is 0 Å². The zero-order valence-corrected chi connectivity index (χ0v) is 15.4. The van der Waals surface area contributed by atoms with Gasteiger partial charge in [0.05, 0.1) is 6.04 Å². The van der Waals surface area contributed by atoms with E-state index in [1.807, 2.05) is 37.7 Å². The zero-order chi connectivity index (χ0) is 17.8. The molecule has 0 aliphatic carbocycles. The fraction of sp³-hybridized carbons (Fsp3) is 0.368. The Morgan fingerprint density at radius 2 is 2.16 bits per heavy atom. The van der Waals surface area contributed by atoms with E-state index in [9.17, 15) is 9.59 Å². The predicted octanol–water partition coefficient (Wildman–Crippen LogP) is 2.91. The number of hydrogen-bond donors (Lipinski definition) is 1. The van der Waals surface area contributed by atoms with Crippen molar-refractivity contribution in [2.75, 3.05) is 32.1 Å². The number of likely N-dealkylation sites (N-methyl/N-ethyl adjacent to an activating group) is 1. The van der Waals surface area contributed by atoms with Gasteiger partial charge >= 0.3 is 0 Å². The number of rotatable bonds is 6. The third-order valence-corrected chi connectivity index (χ3v) is 5.42. The number of benzene rings is 1. The minimum Gasteiger partial charge on any atom is -0.350 e. The molecular weight excluding hydrogens is 334 g/mol. The molecular formula is C19H23N3O2S. The molecule has 2 heterocycles. The standard InChI is InChI=1S/C19H23N3O2S/c1-21(2)16(17-8-5-11-25-17)13-20-19(24)14-6-3-7-15(12-14)22-10-4-9-18(22)23/h3,5-8,11-12,16H,4,9-10,13H2,1-2H3,(H,20,24). The molecule has 0 saturated carbocycles. The second-order valence-corrected chi connectivity index (χ2v) is 7.38. The molecule has 132 valence electrons. The van der Waals surface area contributed by atoms with Gasteiger partial charge in [0, 0.05) is 35.6 Å². The molecule has 25 heavy (non-hydrogen) atoms. The van der Waals surface area contributed by atoms with Crippen LogP contribution in [0.25, 0.3) is 0 Å². The summed E-state index contributed by atoms with van der Waals surface area (Å²) < 4.78 is 0. The van der Waals surface area contributed by atoms with Crippen molar-refractivity contribution in [3.05, 3.63) is 52.2 Å². The van der Waals surface area contributed by atoms with E-state index in [-0.39, 0.29) is 17.9 Å². The van der Waals surface area contributed by atoms with Crippen molar-refractivity contribution in [3.63, 3.8) is 0 Å². The summed E-state index contributed by atoms with van der Waals surface area (Å²) in [6.07, 6.45) is 1.46. The van der Waals surface area contributed by atoms with Crippen molar-refractivity contribution in [1.29, 1.82) is 0 Å². The topological polar surface area (TPSA) is 52.7 Å². The normalized spacial score (nSPS) is 15.6. The van der Waals surface area contributed by atoms with E-state index in [2.05, 4.69) is 16.3 Å². The summed E-state index contributed by atoms with van der Waals surface area (Å²) in [6, 6.07) is 11.6. The van der Waals surface area contributed by atoms with Gasteiger partial charge in [-0.25, -0.2) is 0 Å². The predicted molar refractivity (Wildman–Crippen MR) is 101 cm³/mol. The van der Waals surface area contributed by atoms with Crippen LogP contribution in [0.4, 0.5) is 5.69 Å². The molecule has 1 atom stereocenters. The number of nitrogens with one attached hydrogen (secondary N) is 1. The van der Waals surface area contributed by atoms with Crippen LogP contribution in [0.1, 0.15) is 34.1 Å². The zero-order valence-electron chi connectivity index (χ0n) is 14.6. The smallest absolute Gasteiger partial charge is 0.251 e. The Morgan fingerprint density at radius 3 is 2.80 bits per heavy atom. The fourth-order valence-electron chi connectivity index (χ4n) is 3.05. The van der Waals surface area contributed by atoms with E-state index in [4.69, 9.17) is 0 Å². The number of thiophene rings is 1. The fourth-order valence-corrected chi connectivity index (χ4v) is 3.97. The maximum atomic E-state index is 12.6. The van der Waals surface area contributed by atoms with Crippen LogP contribution in [0.2, 0.25) is 0 Å². The lowest BCUT2D eigenvalue weighted by Crippen LogP contribution is -2.34. The van der Waals surface area contributed by atoms with Gasteiger partial charge in [-0.1, -0.05) is 12.1 Å². The van der Waals surface area contributed by atoms with Gasteiger partial charge < -0.3 is 15.1 Å². The summed E-state index contributed by atoms with van der Waals surface area (Å²) in [7, 11) is 4.02. The Balaban J connectivity index is 1.68. The average Bonchev–Trinajstić information content (AvgIpc) is 3.26. The molecule has 1 saturated heterocycles. The molecule has 1 aromatic heterocycles. The van der Waals surface area contributed by atoms with E-state index in [0.29, 0.717) is 18.5 Å². The molecule has 1 N–H and O–H groups in total. The van der Waals surface area contributed by atoms with Gasteiger partial charge in [-0.15, -0.1) is 11.3 Å². The summed E-state index contributed by atoms with van der Waals surface area (Å²) in [6.45, 7) is 1.27. The van der Waals surface area contributed by atoms with E-state index in [0.717, 1.165) is 18.7 Å². The highest BCUT2D eigenvalue weighted by Gasteiger charge is 2.22. The third-order valence-electron chi connectivity index (χ3n) is 4.44. The lowest BCUT2D eigenvalue weighted by Gasteiger charge is -2.23. The third kappa shape index (κ3) is 4.08. The van der Waals surface area contributed by atoms with E-state index < -0.39 is 0 Å². The maximum absolute atomic E-state index is 12.6. The van der Waals surface area contributed by atoms with Crippen molar-refractivity contribution in [2.24, 2.45) is 0 Å². The molecule has 1 aliphatic rings. The van der Waals surface area contributed by atoms with E-state index in [1.54, 1.807) is 28.4 Å². The van der Waals surface area contributed by atoms with Crippen molar-refractivity contribution in [1.82, 2.24) is 10.2 Å². The van der Waals surface area contributed by atoms with Crippen LogP contribution in [0.3, 0.4) is 0 Å². The molecule has 5 nitrogen and oxygen atoms in total. The molecule has 0 radical (unpaired) electrons. The van der Waals surface area contributed by atoms with Crippen molar-refractivity contribution in [2.45, 2.75) is 18.9 Å². The van der Waals surface area contributed by atoms with Gasteiger partial charge in [0.15, 0.2) is 0 Å². The second-order valence-electron chi connectivity index (χ2n) is 6.40. The first-order valence-corrected chi connectivity index (χ1v) is 9.32. The lowest BCUT2D eigenvalue weighted by atomic mass is 10.1. The van der Waals surface area contributed by atoms with Crippen molar-refractivity contribution < 1.29 is 9.59 Å². The number of anilines is 1. The van der Waals surface area contributed by atoms with Crippen LogP contribution in [0, 0.1) is 0 Å². The molecule has 6 heteroatoms. The van der Waals surface area contributed by atoms with Crippen LogP contribution >= 0.6 is 11.3 Å². The van der Waals surface area contributed by atoms with Gasteiger partial charge in [-0.2, -0.15) is 0 Å². The van der Waals surface area contributed by atoms with Crippen LogP contribution < -0.4 is 10.2 Å². The SMILES string of the molecule is CN(C)C(CNC(=O)c1cccc(N2CCCC2=O)c1)c1cccs1. The maximum Gasteiger partial charge on any atom is 0.251 e. The highest BCUT2D eigenvalue weighted by atomic mass is 32.1. The van der Waals surface area contributed by atoms with Gasteiger partial charge in [-0.3, -0.25) is 9.59 Å². The quantitative estimate of drug-likeness (QED) is 0.865. The minimum absolute atomic E-state index is 0.114. The molecule has 0 bridgehead atoms. The Labute approximate surface area is 152 Å². The van der Waals surface area contributed by atoms with E-state index in [1.165, 1.54) is 4.88 Å². The largest absolute Gasteiger partial charge is 0.350 e. The Kier molecular flexibility index (Phi) is 5.50. The number of carbonyl (C=O) groups excluding carboxylic acids is 2. The molecule has 2 amide bonds.